The van der Waals surface area contributed by atoms with E-state index in [9.17, 15) is 4.79 Å². The molecule has 1 saturated heterocycles. The number of carbonyl (C=O) groups excluding carboxylic acids is 1. The van der Waals surface area contributed by atoms with Gasteiger partial charge in [-0.25, -0.2) is 4.79 Å². The number of hydrogen-bond donors (Lipinski definition) is 1. The first-order valence-corrected chi connectivity index (χ1v) is 10.5. The fraction of sp³-hybridized carbons (Fsp3) is 0.458. The minimum atomic E-state index is 0.0795. The molecule has 3 rings (SSSR count). The number of nitrogens with one attached hydrogen (secondary N) is 1. The van der Waals surface area contributed by atoms with Crippen molar-refractivity contribution in [2.75, 3.05) is 32.7 Å². The standard InChI is InChI=1S/C24H33N3O/c1-4-5-14-25-24(28)27-17-15-26(16-18-27)23(21-12-10-19(2)11-13-21)22-9-7-6-8-20(22)3/h6-13,23H,4-5,14-18H2,1-3H3,(H,25,28)/t23-/m0/s1. The Hall–Kier alpha value is -2.33. The topological polar surface area (TPSA) is 35.6 Å². The molecule has 1 fully saturated rings. The van der Waals surface area contributed by atoms with Gasteiger partial charge >= 0.3 is 6.03 Å². The van der Waals surface area contributed by atoms with E-state index < -0.39 is 0 Å². The molecular formula is C24H33N3O. The molecule has 0 aliphatic carbocycles. The van der Waals surface area contributed by atoms with E-state index in [0.717, 1.165) is 45.6 Å². The number of nitrogens with zero attached hydrogens (tertiary/aromatic N) is 2. The van der Waals surface area contributed by atoms with Crippen molar-refractivity contribution in [3.8, 4) is 0 Å². The zero-order chi connectivity index (χ0) is 19.9. The first-order chi connectivity index (χ1) is 13.6. The van der Waals surface area contributed by atoms with Crippen LogP contribution in [0.25, 0.3) is 0 Å². The predicted octanol–water partition coefficient (Wildman–Crippen LogP) is 4.52. The summed E-state index contributed by atoms with van der Waals surface area (Å²) in [5.41, 5.74) is 5.27. The molecule has 2 aromatic carbocycles. The summed E-state index contributed by atoms with van der Waals surface area (Å²) >= 11 is 0. The molecular weight excluding hydrogens is 346 g/mol. The lowest BCUT2D eigenvalue weighted by Gasteiger charge is -2.40. The molecule has 2 aromatic rings. The average Bonchev–Trinajstić information content (AvgIpc) is 2.71. The highest BCUT2D eigenvalue weighted by molar-refractivity contribution is 5.74. The molecule has 4 nitrogen and oxygen atoms in total. The Morgan fingerprint density at radius 1 is 1.00 bits per heavy atom. The smallest absolute Gasteiger partial charge is 0.317 e. The molecule has 0 unspecified atom stereocenters. The summed E-state index contributed by atoms with van der Waals surface area (Å²) in [5, 5.41) is 3.04. The van der Waals surface area contributed by atoms with Crippen LogP contribution >= 0.6 is 0 Å². The Bertz CT molecular complexity index is 764. The van der Waals surface area contributed by atoms with Crippen LogP contribution in [0.15, 0.2) is 48.5 Å². The van der Waals surface area contributed by atoms with Gasteiger partial charge in [0.25, 0.3) is 0 Å². The van der Waals surface area contributed by atoms with Crippen molar-refractivity contribution in [3.63, 3.8) is 0 Å². The molecule has 1 aliphatic heterocycles. The van der Waals surface area contributed by atoms with Crippen LogP contribution in [-0.2, 0) is 0 Å². The van der Waals surface area contributed by atoms with Crippen LogP contribution in [0.5, 0.6) is 0 Å². The van der Waals surface area contributed by atoms with Gasteiger partial charge in [-0.15, -0.1) is 0 Å². The Morgan fingerprint density at radius 2 is 1.68 bits per heavy atom. The lowest BCUT2D eigenvalue weighted by molar-refractivity contribution is 0.120. The summed E-state index contributed by atoms with van der Waals surface area (Å²) in [6, 6.07) is 17.8. The average molecular weight is 380 g/mol. The normalized spacial score (nSPS) is 16.0. The molecule has 2 amide bonds. The Morgan fingerprint density at radius 3 is 2.32 bits per heavy atom. The number of benzene rings is 2. The SMILES string of the molecule is CCCCNC(=O)N1CCN([C@@H](c2ccc(C)cc2)c2ccccc2C)CC1. The van der Waals surface area contributed by atoms with Crippen molar-refractivity contribution >= 4 is 6.03 Å². The second-order valence-electron chi connectivity index (χ2n) is 7.78. The van der Waals surface area contributed by atoms with Crippen LogP contribution in [0.3, 0.4) is 0 Å². The van der Waals surface area contributed by atoms with Gasteiger partial charge < -0.3 is 10.2 Å². The molecule has 0 aromatic heterocycles. The Balaban J connectivity index is 1.75. The Labute approximate surface area is 169 Å². The van der Waals surface area contributed by atoms with Gasteiger partial charge in [0.05, 0.1) is 6.04 Å². The second kappa shape index (κ2) is 9.74. The summed E-state index contributed by atoms with van der Waals surface area (Å²) in [5.74, 6) is 0. The lowest BCUT2D eigenvalue weighted by atomic mass is 9.92. The monoisotopic (exact) mass is 379 g/mol. The largest absolute Gasteiger partial charge is 0.338 e. The third-order valence-corrected chi connectivity index (χ3v) is 5.65. The van der Waals surface area contributed by atoms with E-state index in [1.807, 2.05) is 4.90 Å². The van der Waals surface area contributed by atoms with E-state index in [2.05, 4.69) is 79.5 Å². The van der Waals surface area contributed by atoms with Gasteiger partial charge in [-0.3, -0.25) is 4.90 Å². The van der Waals surface area contributed by atoms with Crippen LogP contribution in [0.4, 0.5) is 4.79 Å². The second-order valence-corrected chi connectivity index (χ2v) is 7.78. The molecule has 1 heterocycles. The van der Waals surface area contributed by atoms with Crippen molar-refractivity contribution in [1.29, 1.82) is 0 Å². The molecule has 0 radical (unpaired) electrons. The van der Waals surface area contributed by atoms with Crippen LogP contribution in [-0.4, -0.2) is 48.6 Å². The molecule has 1 atom stereocenters. The number of piperazine rings is 1. The van der Waals surface area contributed by atoms with Crippen molar-refractivity contribution in [2.24, 2.45) is 0 Å². The number of rotatable bonds is 6. The molecule has 0 bridgehead atoms. The summed E-state index contributed by atoms with van der Waals surface area (Å²) in [6.07, 6.45) is 2.14. The maximum absolute atomic E-state index is 12.4. The molecule has 0 spiro atoms. The van der Waals surface area contributed by atoms with Crippen molar-refractivity contribution in [3.05, 3.63) is 70.8 Å². The lowest BCUT2D eigenvalue weighted by Crippen LogP contribution is -2.52. The maximum Gasteiger partial charge on any atom is 0.317 e. The van der Waals surface area contributed by atoms with E-state index >= 15 is 0 Å². The van der Waals surface area contributed by atoms with Crippen LogP contribution in [0.2, 0.25) is 0 Å². The van der Waals surface area contributed by atoms with Gasteiger partial charge in [-0.2, -0.15) is 0 Å². The molecule has 150 valence electrons. The first-order valence-electron chi connectivity index (χ1n) is 10.5. The zero-order valence-corrected chi connectivity index (χ0v) is 17.4. The van der Waals surface area contributed by atoms with Crippen molar-refractivity contribution in [2.45, 2.75) is 39.7 Å². The fourth-order valence-electron chi connectivity index (χ4n) is 3.90. The van der Waals surface area contributed by atoms with Crippen LogP contribution in [0, 0.1) is 13.8 Å². The summed E-state index contributed by atoms with van der Waals surface area (Å²) in [4.78, 5) is 16.8. The van der Waals surface area contributed by atoms with E-state index in [1.54, 1.807) is 0 Å². The van der Waals surface area contributed by atoms with Crippen molar-refractivity contribution in [1.82, 2.24) is 15.1 Å². The third kappa shape index (κ3) is 4.93. The van der Waals surface area contributed by atoms with Crippen LogP contribution in [0.1, 0.15) is 48.1 Å². The predicted molar refractivity (Wildman–Crippen MR) is 116 cm³/mol. The number of urea groups is 1. The quantitative estimate of drug-likeness (QED) is 0.749. The maximum atomic E-state index is 12.4. The number of carbonyl (C=O) groups is 1. The van der Waals surface area contributed by atoms with Crippen molar-refractivity contribution < 1.29 is 4.79 Å². The summed E-state index contributed by atoms with van der Waals surface area (Å²) < 4.78 is 0. The molecule has 1 aliphatic rings. The third-order valence-electron chi connectivity index (χ3n) is 5.65. The molecule has 28 heavy (non-hydrogen) atoms. The van der Waals surface area contributed by atoms with E-state index in [4.69, 9.17) is 0 Å². The fourth-order valence-corrected chi connectivity index (χ4v) is 3.90. The number of amides is 2. The van der Waals surface area contributed by atoms with Gasteiger partial charge in [-0.05, 0) is 37.0 Å². The van der Waals surface area contributed by atoms with E-state index in [1.165, 1.54) is 22.3 Å². The van der Waals surface area contributed by atoms with E-state index in [0.29, 0.717) is 0 Å². The molecule has 0 saturated carbocycles. The number of hydrogen-bond acceptors (Lipinski definition) is 2. The van der Waals surface area contributed by atoms with Gasteiger partial charge in [0.2, 0.25) is 0 Å². The van der Waals surface area contributed by atoms with Crippen LogP contribution < -0.4 is 5.32 Å². The van der Waals surface area contributed by atoms with Gasteiger partial charge in [0, 0.05) is 32.7 Å². The zero-order valence-electron chi connectivity index (χ0n) is 17.4. The first kappa shape index (κ1) is 20.4. The van der Waals surface area contributed by atoms with Gasteiger partial charge in [-0.1, -0.05) is 67.4 Å². The summed E-state index contributed by atoms with van der Waals surface area (Å²) in [6.45, 7) is 10.5. The summed E-state index contributed by atoms with van der Waals surface area (Å²) in [7, 11) is 0. The minimum absolute atomic E-state index is 0.0795. The van der Waals surface area contributed by atoms with Gasteiger partial charge in [0.15, 0.2) is 0 Å². The molecule has 4 heteroatoms. The van der Waals surface area contributed by atoms with E-state index in [-0.39, 0.29) is 12.1 Å². The molecule has 1 N–H and O–H groups in total. The Kier molecular flexibility index (Phi) is 7.10. The van der Waals surface area contributed by atoms with Gasteiger partial charge in [0.1, 0.15) is 0 Å². The number of aryl methyl sites for hydroxylation is 2. The highest BCUT2D eigenvalue weighted by atomic mass is 16.2. The highest BCUT2D eigenvalue weighted by Crippen LogP contribution is 2.31. The highest BCUT2D eigenvalue weighted by Gasteiger charge is 2.28. The minimum Gasteiger partial charge on any atom is -0.338 e. The number of unbranched alkanes of at least 4 members (excludes halogenated alkanes) is 1.